The highest BCUT2D eigenvalue weighted by atomic mass is 79.9. The van der Waals surface area contributed by atoms with E-state index < -0.39 is 5.82 Å². The molecule has 0 saturated carbocycles. The molecule has 0 bridgehead atoms. The third-order valence-corrected chi connectivity index (χ3v) is 2.99. The molecule has 0 radical (unpaired) electrons. The molecule has 0 aliphatic rings. The lowest BCUT2D eigenvalue weighted by molar-refractivity contribution is 0.564. The van der Waals surface area contributed by atoms with E-state index in [0.29, 0.717) is 11.4 Å². The number of para-hydroxylation sites is 1. The normalized spacial score (nSPS) is 10.9. The van der Waals surface area contributed by atoms with E-state index in [1.54, 1.807) is 12.1 Å². The molecule has 17 heavy (non-hydrogen) atoms. The molecule has 1 aromatic heterocycles. The van der Waals surface area contributed by atoms with Crippen molar-refractivity contribution in [2.45, 2.75) is 0 Å². The summed E-state index contributed by atoms with van der Waals surface area (Å²) in [5, 5.41) is 0. The second-order valence-corrected chi connectivity index (χ2v) is 4.53. The van der Waals surface area contributed by atoms with Crippen molar-refractivity contribution in [1.29, 1.82) is 0 Å². The van der Waals surface area contributed by atoms with Gasteiger partial charge in [0.1, 0.15) is 5.52 Å². The lowest BCUT2D eigenvalue weighted by atomic mass is 10.2. The van der Waals surface area contributed by atoms with E-state index in [9.17, 15) is 4.39 Å². The van der Waals surface area contributed by atoms with Gasteiger partial charge in [-0.15, -0.1) is 0 Å². The maximum absolute atomic E-state index is 13.4. The van der Waals surface area contributed by atoms with Gasteiger partial charge in [0, 0.05) is 10.0 Å². The van der Waals surface area contributed by atoms with Crippen molar-refractivity contribution in [2.75, 3.05) is 0 Å². The van der Waals surface area contributed by atoms with Gasteiger partial charge in [-0.3, -0.25) is 0 Å². The molecular formula is C13H7BrFNO. The number of halogens is 2. The maximum atomic E-state index is 13.4. The molecule has 0 fully saturated rings. The summed E-state index contributed by atoms with van der Waals surface area (Å²) in [6.45, 7) is 0. The van der Waals surface area contributed by atoms with Crippen LogP contribution < -0.4 is 0 Å². The van der Waals surface area contributed by atoms with Crippen LogP contribution in [-0.2, 0) is 0 Å². The van der Waals surface area contributed by atoms with E-state index in [-0.39, 0.29) is 5.58 Å². The fourth-order valence-corrected chi connectivity index (χ4v) is 1.90. The van der Waals surface area contributed by atoms with Crippen molar-refractivity contribution < 1.29 is 8.81 Å². The Morgan fingerprint density at radius 2 is 1.82 bits per heavy atom. The number of hydrogen-bond donors (Lipinski definition) is 0. The second-order valence-electron chi connectivity index (χ2n) is 3.61. The highest BCUT2D eigenvalue weighted by Crippen LogP contribution is 2.26. The zero-order chi connectivity index (χ0) is 11.8. The molecule has 0 N–H and O–H groups in total. The third kappa shape index (κ3) is 1.85. The highest BCUT2D eigenvalue weighted by Gasteiger charge is 2.10. The summed E-state index contributed by atoms with van der Waals surface area (Å²) >= 11 is 3.35. The van der Waals surface area contributed by atoms with Crippen LogP contribution in [0, 0.1) is 5.82 Å². The number of aromatic nitrogens is 1. The Hall–Kier alpha value is -1.68. The standard InChI is InChI=1S/C13H7BrFNO/c14-9-6-4-8(5-7-9)13-16-11-3-1-2-10(15)12(11)17-13/h1-7H. The summed E-state index contributed by atoms with van der Waals surface area (Å²) in [5.41, 5.74) is 1.55. The summed E-state index contributed by atoms with van der Waals surface area (Å²) in [7, 11) is 0. The van der Waals surface area contributed by atoms with Crippen LogP contribution in [-0.4, -0.2) is 4.98 Å². The highest BCUT2D eigenvalue weighted by molar-refractivity contribution is 9.10. The van der Waals surface area contributed by atoms with Gasteiger partial charge < -0.3 is 4.42 Å². The predicted octanol–water partition coefficient (Wildman–Crippen LogP) is 4.40. The predicted molar refractivity (Wildman–Crippen MR) is 67.1 cm³/mol. The van der Waals surface area contributed by atoms with E-state index in [2.05, 4.69) is 20.9 Å². The average molecular weight is 292 g/mol. The van der Waals surface area contributed by atoms with Gasteiger partial charge in [-0.05, 0) is 36.4 Å². The van der Waals surface area contributed by atoms with Gasteiger partial charge in [-0.25, -0.2) is 9.37 Å². The van der Waals surface area contributed by atoms with Crippen LogP contribution in [0.15, 0.2) is 51.4 Å². The van der Waals surface area contributed by atoms with E-state index in [0.717, 1.165) is 10.0 Å². The summed E-state index contributed by atoms with van der Waals surface area (Å²) in [5.74, 6) is 0.0379. The first-order valence-corrected chi connectivity index (χ1v) is 5.84. The van der Waals surface area contributed by atoms with Crippen molar-refractivity contribution in [3.8, 4) is 11.5 Å². The zero-order valence-electron chi connectivity index (χ0n) is 8.65. The minimum absolute atomic E-state index is 0.199. The van der Waals surface area contributed by atoms with E-state index >= 15 is 0 Å². The quantitative estimate of drug-likeness (QED) is 0.664. The molecule has 1 heterocycles. The summed E-state index contributed by atoms with van der Waals surface area (Å²) in [6, 6.07) is 12.2. The lowest BCUT2D eigenvalue weighted by Crippen LogP contribution is -1.75. The Morgan fingerprint density at radius 3 is 2.53 bits per heavy atom. The minimum Gasteiger partial charge on any atom is -0.433 e. The van der Waals surface area contributed by atoms with Gasteiger partial charge in [0.2, 0.25) is 5.89 Å². The summed E-state index contributed by atoms with van der Waals surface area (Å²) < 4.78 is 19.8. The molecule has 0 spiro atoms. The van der Waals surface area contributed by atoms with Crippen molar-refractivity contribution in [3.05, 3.63) is 52.8 Å². The van der Waals surface area contributed by atoms with Crippen molar-refractivity contribution in [1.82, 2.24) is 4.98 Å². The fraction of sp³-hybridized carbons (Fsp3) is 0. The molecule has 0 amide bonds. The van der Waals surface area contributed by atoms with Crippen molar-refractivity contribution in [3.63, 3.8) is 0 Å². The molecule has 3 aromatic rings. The molecule has 4 heteroatoms. The summed E-state index contributed by atoms with van der Waals surface area (Å²) in [4.78, 5) is 4.25. The first-order valence-electron chi connectivity index (χ1n) is 5.05. The maximum Gasteiger partial charge on any atom is 0.227 e. The van der Waals surface area contributed by atoms with Crippen LogP contribution in [0.4, 0.5) is 4.39 Å². The molecule has 2 nitrogen and oxygen atoms in total. The molecular weight excluding hydrogens is 285 g/mol. The van der Waals surface area contributed by atoms with E-state index in [1.165, 1.54) is 6.07 Å². The SMILES string of the molecule is Fc1cccc2nc(-c3ccc(Br)cc3)oc12. The van der Waals surface area contributed by atoms with E-state index in [4.69, 9.17) is 4.42 Å². The fourth-order valence-electron chi connectivity index (χ4n) is 1.63. The largest absolute Gasteiger partial charge is 0.433 e. The van der Waals surface area contributed by atoms with Crippen LogP contribution in [0.1, 0.15) is 0 Å². The Bertz CT molecular complexity index is 675. The summed E-state index contributed by atoms with van der Waals surface area (Å²) in [6.07, 6.45) is 0. The topological polar surface area (TPSA) is 26.0 Å². The number of oxazole rings is 1. The molecule has 2 aromatic carbocycles. The number of rotatable bonds is 1. The molecule has 84 valence electrons. The average Bonchev–Trinajstić information content (AvgIpc) is 2.75. The van der Waals surface area contributed by atoms with Gasteiger partial charge in [0.25, 0.3) is 0 Å². The number of benzene rings is 2. The van der Waals surface area contributed by atoms with Crippen LogP contribution in [0.5, 0.6) is 0 Å². The van der Waals surface area contributed by atoms with Crippen LogP contribution in [0.2, 0.25) is 0 Å². The van der Waals surface area contributed by atoms with Crippen molar-refractivity contribution in [2.24, 2.45) is 0 Å². The Morgan fingerprint density at radius 1 is 1.06 bits per heavy atom. The van der Waals surface area contributed by atoms with Crippen LogP contribution >= 0.6 is 15.9 Å². The molecule has 0 aliphatic carbocycles. The van der Waals surface area contributed by atoms with Crippen molar-refractivity contribution >= 4 is 27.0 Å². The van der Waals surface area contributed by atoms with Gasteiger partial charge in [-0.1, -0.05) is 22.0 Å². The minimum atomic E-state index is -0.390. The molecule has 0 aliphatic heterocycles. The zero-order valence-corrected chi connectivity index (χ0v) is 10.2. The van der Waals surface area contributed by atoms with E-state index in [1.807, 2.05) is 24.3 Å². The monoisotopic (exact) mass is 291 g/mol. The Balaban J connectivity index is 2.18. The first kappa shape index (κ1) is 10.5. The Kier molecular flexibility index (Phi) is 2.44. The molecule has 0 atom stereocenters. The number of nitrogens with zero attached hydrogens (tertiary/aromatic N) is 1. The van der Waals surface area contributed by atoms with Gasteiger partial charge >= 0.3 is 0 Å². The van der Waals surface area contributed by atoms with Gasteiger partial charge in [0.05, 0.1) is 0 Å². The van der Waals surface area contributed by atoms with Crippen LogP contribution in [0.25, 0.3) is 22.6 Å². The molecule has 0 unspecified atom stereocenters. The number of fused-ring (bicyclic) bond motifs is 1. The van der Waals surface area contributed by atoms with Gasteiger partial charge in [0.15, 0.2) is 11.4 Å². The third-order valence-electron chi connectivity index (χ3n) is 2.46. The number of hydrogen-bond acceptors (Lipinski definition) is 2. The van der Waals surface area contributed by atoms with Gasteiger partial charge in [-0.2, -0.15) is 0 Å². The smallest absolute Gasteiger partial charge is 0.227 e. The Labute approximate surface area is 105 Å². The molecule has 3 rings (SSSR count). The molecule has 0 saturated heterocycles. The lowest BCUT2D eigenvalue weighted by Gasteiger charge is -1.94. The first-order chi connectivity index (χ1) is 8.24. The van der Waals surface area contributed by atoms with Crippen LogP contribution in [0.3, 0.4) is 0 Å². The second kappa shape index (κ2) is 3.96.